The lowest BCUT2D eigenvalue weighted by Crippen LogP contribution is -2.35. The van der Waals surface area contributed by atoms with Gasteiger partial charge in [0.05, 0.1) is 11.6 Å². The van der Waals surface area contributed by atoms with E-state index in [4.69, 9.17) is 4.98 Å². The number of rotatable bonds is 5. The standard InChI is InChI=1S/C18H23N7/c1-13(25-9-3-4-10-25)11-20-17-15-12-21-24(2)18(15)23-16(22-17)14-5-7-19-8-6-14/h5-8,12-13H,3-4,9-11H2,1-2H3,(H,20,22,23)/t13-/m0/s1. The van der Waals surface area contributed by atoms with Crippen molar-refractivity contribution in [3.8, 4) is 11.4 Å². The summed E-state index contributed by atoms with van der Waals surface area (Å²) in [7, 11) is 1.91. The molecule has 3 aromatic rings. The van der Waals surface area contributed by atoms with Crippen LogP contribution in [0.3, 0.4) is 0 Å². The maximum atomic E-state index is 4.76. The van der Waals surface area contributed by atoms with Crippen molar-refractivity contribution in [2.75, 3.05) is 25.0 Å². The highest BCUT2D eigenvalue weighted by Gasteiger charge is 2.19. The predicted octanol–water partition coefficient (Wildman–Crippen LogP) is 2.32. The van der Waals surface area contributed by atoms with E-state index in [2.05, 4.69) is 32.2 Å². The third-order valence-corrected chi connectivity index (χ3v) is 4.86. The fourth-order valence-electron chi connectivity index (χ4n) is 3.34. The lowest BCUT2D eigenvalue weighted by molar-refractivity contribution is 0.269. The van der Waals surface area contributed by atoms with E-state index < -0.39 is 0 Å². The van der Waals surface area contributed by atoms with Gasteiger partial charge >= 0.3 is 0 Å². The van der Waals surface area contributed by atoms with E-state index in [9.17, 15) is 0 Å². The monoisotopic (exact) mass is 337 g/mol. The van der Waals surface area contributed by atoms with Crippen LogP contribution in [0.5, 0.6) is 0 Å². The van der Waals surface area contributed by atoms with Crippen LogP contribution in [0, 0.1) is 0 Å². The summed E-state index contributed by atoms with van der Waals surface area (Å²) in [5, 5.41) is 8.83. The molecule has 1 saturated heterocycles. The molecule has 4 rings (SSSR count). The van der Waals surface area contributed by atoms with Crippen molar-refractivity contribution in [3.05, 3.63) is 30.7 Å². The lowest BCUT2D eigenvalue weighted by atomic mass is 10.2. The van der Waals surface area contributed by atoms with Crippen molar-refractivity contribution in [3.63, 3.8) is 0 Å². The van der Waals surface area contributed by atoms with E-state index in [1.165, 1.54) is 25.9 Å². The summed E-state index contributed by atoms with van der Waals surface area (Å²) < 4.78 is 1.79. The fraction of sp³-hybridized carbons (Fsp3) is 0.444. The van der Waals surface area contributed by atoms with Crippen LogP contribution in [0.25, 0.3) is 22.4 Å². The SMILES string of the molecule is C[C@@H](CNc1nc(-c2ccncc2)nc2c1cnn2C)N1CCCC1. The van der Waals surface area contributed by atoms with Crippen molar-refractivity contribution in [2.45, 2.75) is 25.8 Å². The molecule has 130 valence electrons. The van der Waals surface area contributed by atoms with E-state index in [1.54, 1.807) is 17.1 Å². The molecule has 0 amide bonds. The molecule has 0 spiro atoms. The smallest absolute Gasteiger partial charge is 0.164 e. The van der Waals surface area contributed by atoms with Crippen LogP contribution in [0.1, 0.15) is 19.8 Å². The summed E-state index contributed by atoms with van der Waals surface area (Å²) in [5.41, 5.74) is 1.78. The Balaban J connectivity index is 1.64. The molecule has 0 aromatic carbocycles. The van der Waals surface area contributed by atoms with E-state index in [-0.39, 0.29) is 0 Å². The molecule has 0 saturated carbocycles. The average Bonchev–Trinajstić information content (AvgIpc) is 3.31. The van der Waals surface area contributed by atoms with Gasteiger partial charge in [-0.3, -0.25) is 14.6 Å². The molecule has 1 N–H and O–H groups in total. The maximum Gasteiger partial charge on any atom is 0.164 e. The molecule has 0 unspecified atom stereocenters. The normalized spacial score (nSPS) is 16.4. The molecular formula is C18H23N7. The molecular weight excluding hydrogens is 314 g/mol. The Morgan fingerprint density at radius 2 is 1.92 bits per heavy atom. The van der Waals surface area contributed by atoms with Crippen LogP contribution < -0.4 is 5.32 Å². The first-order valence-electron chi connectivity index (χ1n) is 8.80. The van der Waals surface area contributed by atoms with Gasteiger partial charge < -0.3 is 5.32 Å². The fourth-order valence-corrected chi connectivity index (χ4v) is 3.34. The molecule has 0 aliphatic carbocycles. The summed E-state index contributed by atoms with van der Waals surface area (Å²) in [6.45, 7) is 5.51. The average molecular weight is 337 g/mol. The Morgan fingerprint density at radius 3 is 2.68 bits per heavy atom. The van der Waals surface area contributed by atoms with E-state index in [0.717, 1.165) is 29.0 Å². The minimum Gasteiger partial charge on any atom is -0.368 e. The van der Waals surface area contributed by atoms with Gasteiger partial charge in [-0.1, -0.05) is 0 Å². The Kier molecular flexibility index (Phi) is 4.31. The molecule has 7 nitrogen and oxygen atoms in total. The molecule has 1 aliphatic rings. The highest BCUT2D eigenvalue weighted by atomic mass is 15.3. The van der Waals surface area contributed by atoms with Gasteiger partial charge in [0, 0.05) is 37.6 Å². The Hall–Kier alpha value is -2.54. The van der Waals surface area contributed by atoms with Crippen LogP contribution in [0.4, 0.5) is 5.82 Å². The van der Waals surface area contributed by atoms with Crippen molar-refractivity contribution in [1.29, 1.82) is 0 Å². The molecule has 4 heterocycles. The zero-order chi connectivity index (χ0) is 17.2. The minimum absolute atomic E-state index is 0.480. The molecule has 3 aromatic heterocycles. The molecule has 7 heteroatoms. The van der Waals surface area contributed by atoms with Gasteiger partial charge in [-0.05, 0) is 45.0 Å². The van der Waals surface area contributed by atoms with Gasteiger partial charge in [0.25, 0.3) is 0 Å². The second-order valence-corrected chi connectivity index (χ2v) is 6.61. The van der Waals surface area contributed by atoms with Crippen LogP contribution in [-0.2, 0) is 7.05 Å². The highest BCUT2D eigenvalue weighted by molar-refractivity contribution is 5.88. The molecule has 0 radical (unpaired) electrons. The van der Waals surface area contributed by atoms with Crippen molar-refractivity contribution in [2.24, 2.45) is 7.05 Å². The number of nitrogens with one attached hydrogen (secondary N) is 1. The summed E-state index contributed by atoms with van der Waals surface area (Å²) in [6, 6.07) is 4.33. The van der Waals surface area contributed by atoms with Crippen molar-refractivity contribution >= 4 is 16.9 Å². The van der Waals surface area contributed by atoms with Crippen molar-refractivity contribution in [1.82, 2.24) is 29.6 Å². The number of aryl methyl sites for hydroxylation is 1. The first-order chi connectivity index (χ1) is 12.2. The Labute approximate surface area is 147 Å². The third kappa shape index (κ3) is 3.19. The van der Waals surface area contributed by atoms with Gasteiger partial charge in [-0.25, -0.2) is 9.97 Å². The summed E-state index contributed by atoms with van der Waals surface area (Å²) in [4.78, 5) is 16.0. The van der Waals surface area contributed by atoms with Crippen LogP contribution in [0.2, 0.25) is 0 Å². The van der Waals surface area contributed by atoms with Gasteiger partial charge in [-0.2, -0.15) is 5.10 Å². The van der Waals surface area contributed by atoms with E-state index >= 15 is 0 Å². The van der Waals surface area contributed by atoms with Crippen LogP contribution in [0.15, 0.2) is 30.7 Å². The van der Waals surface area contributed by atoms with Crippen molar-refractivity contribution < 1.29 is 0 Å². The Bertz CT molecular complexity index is 852. The second kappa shape index (κ2) is 6.76. The first kappa shape index (κ1) is 16.0. The number of likely N-dealkylation sites (tertiary alicyclic amines) is 1. The molecule has 1 aliphatic heterocycles. The topological polar surface area (TPSA) is 71.8 Å². The van der Waals surface area contributed by atoms with Gasteiger partial charge in [0.1, 0.15) is 5.82 Å². The zero-order valence-electron chi connectivity index (χ0n) is 14.7. The minimum atomic E-state index is 0.480. The number of nitrogens with zero attached hydrogens (tertiary/aromatic N) is 6. The van der Waals surface area contributed by atoms with Gasteiger partial charge in [-0.15, -0.1) is 0 Å². The number of anilines is 1. The number of hydrogen-bond donors (Lipinski definition) is 1. The molecule has 1 fully saturated rings. The number of aromatic nitrogens is 5. The van der Waals surface area contributed by atoms with Gasteiger partial charge in [0.2, 0.25) is 0 Å². The summed E-state index contributed by atoms with van der Waals surface area (Å²) in [5.74, 6) is 1.53. The predicted molar refractivity (Wildman–Crippen MR) is 98.3 cm³/mol. The number of fused-ring (bicyclic) bond motifs is 1. The maximum absolute atomic E-state index is 4.76. The van der Waals surface area contributed by atoms with Crippen LogP contribution in [-0.4, -0.2) is 55.3 Å². The third-order valence-electron chi connectivity index (χ3n) is 4.86. The second-order valence-electron chi connectivity index (χ2n) is 6.61. The highest BCUT2D eigenvalue weighted by Crippen LogP contribution is 2.24. The van der Waals surface area contributed by atoms with E-state index in [1.807, 2.05) is 25.4 Å². The quantitative estimate of drug-likeness (QED) is 0.770. The summed E-state index contributed by atoms with van der Waals surface area (Å²) >= 11 is 0. The summed E-state index contributed by atoms with van der Waals surface area (Å²) in [6.07, 6.45) is 7.95. The molecule has 0 bridgehead atoms. The largest absolute Gasteiger partial charge is 0.368 e. The van der Waals surface area contributed by atoms with E-state index in [0.29, 0.717) is 11.9 Å². The number of hydrogen-bond acceptors (Lipinski definition) is 6. The van der Waals surface area contributed by atoms with Gasteiger partial charge in [0.15, 0.2) is 11.5 Å². The lowest BCUT2D eigenvalue weighted by Gasteiger charge is -2.24. The first-order valence-corrected chi connectivity index (χ1v) is 8.80. The zero-order valence-corrected chi connectivity index (χ0v) is 14.7. The van der Waals surface area contributed by atoms with Crippen LogP contribution >= 0.6 is 0 Å². The Morgan fingerprint density at radius 1 is 1.16 bits per heavy atom. The number of pyridine rings is 1. The molecule has 25 heavy (non-hydrogen) atoms. The molecule has 1 atom stereocenters.